The van der Waals surface area contributed by atoms with E-state index < -0.39 is 0 Å². The highest BCUT2D eigenvalue weighted by atomic mass is 35.5. The number of rotatable bonds is 1. The summed E-state index contributed by atoms with van der Waals surface area (Å²) in [4.78, 5) is 10.9. The third kappa shape index (κ3) is 1.54. The molecule has 0 bridgehead atoms. The Balaban J connectivity index is 2.30. The van der Waals surface area contributed by atoms with Crippen LogP contribution in [-0.2, 0) is 0 Å². The second-order valence-corrected chi connectivity index (χ2v) is 5.58. The largest absolute Gasteiger partial charge is 0.216 e. The van der Waals surface area contributed by atoms with Gasteiger partial charge in [-0.15, -0.1) is 22.7 Å². The first-order valence-electron chi connectivity index (χ1n) is 4.71. The molecule has 0 N–H and O–H groups in total. The van der Waals surface area contributed by atoms with Crippen LogP contribution in [0, 0.1) is 6.92 Å². The standard InChI is InChI=1S/C11H7ClN2S2/c1-6-5-16-11-8(6)9(12)13-10(14-11)7-3-2-4-15-7/h2-5H,1H3. The van der Waals surface area contributed by atoms with Crippen LogP contribution in [0.5, 0.6) is 0 Å². The summed E-state index contributed by atoms with van der Waals surface area (Å²) in [5.74, 6) is 0.717. The number of halogens is 1. The maximum Gasteiger partial charge on any atom is 0.172 e. The van der Waals surface area contributed by atoms with Crippen LogP contribution in [0.4, 0.5) is 0 Å². The molecule has 16 heavy (non-hydrogen) atoms. The second kappa shape index (κ2) is 3.80. The number of nitrogens with zero attached hydrogens (tertiary/aromatic N) is 2. The van der Waals surface area contributed by atoms with Crippen molar-refractivity contribution in [2.24, 2.45) is 0 Å². The minimum atomic E-state index is 0.548. The SMILES string of the molecule is Cc1csc2nc(-c3cccs3)nc(Cl)c12. The Morgan fingerprint density at radius 3 is 2.88 bits per heavy atom. The fourth-order valence-corrected chi connectivity index (χ4v) is 3.50. The lowest BCUT2D eigenvalue weighted by Gasteiger charge is -1.99. The van der Waals surface area contributed by atoms with Crippen LogP contribution < -0.4 is 0 Å². The summed E-state index contributed by atoms with van der Waals surface area (Å²) in [5.41, 5.74) is 1.14. The fourth-order valence-electron chi connectivity index (χ4n) is 1.55. The number of aryl methyl sites for hydroxylation is 1. The zero-order valence-electron chi connectivity index (χ0n) is 8.40. The molecule has 5 heteroatoms. The smallest absolute Gasteiger partial charge is 0.172 e. The molecule has 0 fully saturated rings. The predicted molar refractivity (Wildman–Crippen MR) is 70.5 cm³/mol. The normalized spacial score (nSPS) is 11.1. The van der Waals surface area contributed by atoms with Gasteiger partial charge in [0.05, 0.1) is 10.3 Å². The predicted octanol–water partition coefficient (Wildman–Crippen LogP) is 4.38. The summed E-state index contributed by atoms with van der Waals surface area (Å²) >= 11 is 9.42. The summed E-state index contributed by atoms with van der Waals surface area (Å²) < 4.78 is 0. The molecule has 0 aromatic carbocycles. The van der Waals surface area contributed by atoms with Crippen molar-refractivity contribution in [3.63, 3.8) is 0 Å². The van der Waals surface area contributed by atoms with Crippen molar-refractivity contribution in [1.29, 1.82) is 0 Å². The summed E-state index contributed by atoms with van der Waals surface area (Å²) in [6.07, 6.45) is 0. The molecule has 2 nitrogen and oxygen atoms in total. The van der Waals surface area contributed by atoms with Crippen LogP contribution in [0.25, 0.3) is 20.9 Å². The monoisotopic (exact) mass is 266 g/mol. The van der Waals surface area contributed by atoms with Gasteiger partial charge in [0.25, 0.3) is 0 Å². The van der Waals surface area contributed by atoms with Crippen LogP contribution in [0.15, 0.2) is 22.9 Å². The first kappa shape index (κ1) is 10.2. The van der Waals surface area contributed by atoms with Gasteiger partial charge < -0.3 is 0 Å². The highest BCUT2D eigenvalue weighted by Gasteiger charge is 2.11. The van der Waals surface area contributed by atoms with Crippen LogP contribution in [0.2, 0.25) is 5.15 Å². The third-order valence-electron chi connectivity index (χ3n) is 2.31. The highest BCUT2D eigenvalue weighted by Crippen LogP contribution is 2.32. The summed E-state index contributed by atoms with van der Waals surface area (Å²) in [6, 6.07) is 3.99. The van der Waals surface area contributed by atoms with E-state index in [-0.39, 0.29) is 0 Å². The molecule has 3 rings (SSSR count). The molecule has 3 aromatic heterocycles. The van der Waals surface area contributed by atoms with Gasteiger partial charge in [0.2, 0.25) is 0 Å². The average molecular weight is 267 g/mol. The van der Waals surface area contributed by atoms with E-state index in [2.05, 4.69) is 15.3 Å². The molecule has 0 saturated carbocycles. The zero-order valence-corrected chi connectivity index (χ0v) is 10.8. The topological polar surface area (TPSA) is 25.8 Å². The highest BCUT2D eigenvalue weighted by molar-refractivity contribution is 7.17. The molecule has 0 amide bonds. The van der Waals surface area contributed by atoms with Crippen molar-refractivity contribution in [2.45, 2.75) is 6.92 Å². The Hall–Kier alpha value is -0.970. The van der Waals surface area contributed by atoms with E-state index in [0.717, 1.165) is 20.7 Å². The van der Waals surface area contributed by atoms with Crippen LogP contribution >= 0.6 is 34.3 Å². The Labute approximate surface area is 106 Å². The molecule has 3 heterocycles. The Kier molecular flexibility index (Phi) is 2.42. The lowest BCUT2D eigenvalue weighted by Crippen LogP contribution is -1.88. The van der Waals surface area contributed by atoms with Gasteiger partial charge in [0, 0.05) is 0 Å². The molecule has 0 aliphatic carbocycles. The fraction of sp³-hybridized carbons (Fsp3) is 0.0909. The van der Waals surface area contributed by atoms with Crippen molar-refractivity contribution in [3.8, 4) is 10.7 Å². The molecule has 0 atom stereocenters. The van der Waals surface area contributed by atoms with Crippen molar-refractivity contribution >= 4 is 44.5 Å². The molecule has 0 spiro atoms. The van der Waals surface area contributed by atoms with Gasteiger partial charge >= 0.3 is 0 Å². The Morgan fingerprint density at radius 2 is 2.12 bits per heavy atom. The van der Waals surface area contributed by atoms with Crippen molar-refractivity contribution in [3.05, 3.63) is 33.6 Å². The van der Waals surface area contributed by atoms with E-state index in [4.69, 9.17) is 11.6 Å². The zero-order chi connectivity index (χ0) is 11.1. The quantitative estimate of drug-likeness (QED) is 0.611. The molecule has 0 aliphatic rings. The van der Waals surface area contributed by atoms with Crippen LogP contribution in [-0.4, -0.2) is 9.97 Å². The first-order valence-corrected chi connectivity index (χ1v) is 6.84. The number of aromatic nitrogens is 2. The van der Waals surface area contributed by atoms with Crippen molar-refractivity contribution in [2.75, 3.05) is 0 Å². The molecular formula is C11H7ClN2S2. The number of thiophene rings is 2. The Morgan fingerprint density at radius 1 is 1.25 bits per heavy atom. The molecule has 80 valence electrons. The molecule has 0 radical (unpaired) electrons. The number of fused-ring (bicyclic) bond motifs is 1. The molecule has 3 aromatic rings. The van der Waals surface area contributed by atoms with Gasteiger partial charge in [-0.1, -0.05) is 17.7 Å². The minimum Gasteiger partial charge on any atom is -0.216 e. The van der Waals surface area contributed by atoms with Crippen molar-refractivity contribution in [1.82, 2.24) is 9.97 Å². The number of hydrogen-bond donors (Lipinski definition) is 0. The lowest BCUT2D eigenvalue weighted by molar-refractivity contribution is 1.25. The number of hydrogen-bond acceptors (Lipinski definition) is 4. The van der Waals surface area contributed by atoms with E-state index in [1.165, 1.54) is 0 Å². The molecule has 0 saturated heterocycles. The molecular weight excluding hydrogens is 260 g/mol. The van der Waals surface area contributed by atoms with Crippen LogP contribution in [0.3, 0.4) is 0 Å². The van der Waals surface area contributed by atoms with Gasteiger partial charge in [-0.25, -0.2) is 9.97 Å². The first-order chi connectivity index (χ1) is 7.75. The molecule has 0 aliphatic heterocycles. The summed E-state index contributed by atoms with van der Waals surface area (Å²) in [7, 11) is 0. The Bertz CT molecular complexity index is 643. The second-order valence-electron chi connectivity index (χ2n) is 3.41. The maximum atomic E-state index is 6.19. The summed E-state index contributed by atoms with van der Waals surface area (Å²) in [5, 5.41) is 5.60. The van der Waals surface area contributed by atoms with Gasteiger partial charge in [-0.3, -0.25) is 0 Å². The van der Waals surface area contributed by atoms with E-state index >= 15 is 0 Å². The van der Waals surface area contributed by atoms with E-state index in [0.29, 0.717) is 11.0 Å². The van der Waals surface area contributed by atoms with E-state index in [9.17, 15) is 0 Å². The lowest BCUT2D eigenvalue weighted by atomic mass is 10.3. The minimum absolute atomic E-state index is 0.548. The van der Waals surface area contributed by atoms with Gasteiger partial charge in [-0.2, -0.15) is 0 Å². The maximum absolute atomic E-state index is 6.19. The average Bonchev–Trinajstić information content (AvgIpc) is 2.87. The van der Waals surface area contributed by atoms with Gasteiger partial charge in [0.1, 0.15) is 9.98 Å². The van der Waals surface area contributed by atoms with Gasteiger partial charge in [-0.05, 0) is 29.3 Å². The van der Waals surface area contributed by atoms with Crippen molar-refractivity contribution < 1.29 is 0 Å². The van der Waals surface area contributed by atoms with E-state index in [1.54, 1.807) is 22.7 Å². The third-order valence-corrected chi connectivity index (χ3v) is 4.44. The molecule has 0 unspecified atom stereocenters. The van der Waals surface area contributed by atoms with Gasteiger partial charge in [0.15, 0.2) is 5.82 Å². The van der Waals surface area contributed by atoms with Crippen LogP contribution in [0.1, 0.15) is 5.56 Å². The summed E-state index contributed by atoms with van der Waals surface area (Å²) in [6.45, 7) is 2.03. The van der Waals surface area contributed by atoms with E-state index in [1.807, 2.05) is 24.4 Å².